The molecule has 0 spiro atoms. The third-order valence-corrected chi connectivity index (χ3v) is 6.03. The summed E-state index contributed by atoms with van der Waals surface area (Å²) in [6.07, 6.45) is 5.49. The maximum Gasteiger partial charge on any atom is 0.230 e. The van der Waals surface area contributed by atoms with Gasteiger partial charge in [0.15, 0.2) is 11.0 Å². The number of benzene rings is 1. The fourth-order valence-corrected chi connectivity index (χ4v) is 4.44. The van der Waals surface area contributed by atoms with Crippen LogP contribution < -0.4 is 5.32 Å². The summed E-state index contributed by atoms with van der Waals surface area (Å²) in [6.45, 7) is 6.37. The SMILES string of the molecule is CCn1c(SCC(=O)NCc2cn3c(n2)CCCC3)nnc1-c1cccc(C)c1. The van der Waals surface area contributed by atoms with E-state index in [1.165, 1.54) is 30.2 Å². The molecular weight excluding hydrogens is 384 g/mol. The molecule has 4 rings (SSSR count). The maximum atomic E-state index is 12.3. The fraction of sp³-hybridized carbons (Fsp3) is 0.429. The number of rotatable bonds is 7. The Balaban J connectivity index is 1.35. The molecule has 29 heavy (non-hydrogen) atoms. The molecule has 3 aromatic rings. The zero-order valence-corrected chi connectivity index (χ0v) is 17.7. The third kappa shape index (κ3) is 4.53. The molecule has 0 saturated carbocycles. The number of hydrogen-bond donors (Lipinski definition) is 1. The quantitative estimate of drug-likeness (QED) is 0.605. The van der Waals surface area contributed by atoms with Crippen molar-refractivity contribution < 1.29 is 4.79 Å². The van der Waals surface area contributed by atoms with Crippen LogP contribution in [0.3, 0.4) is 0 Å². The minimum Gasteiger partial charge on any atom is -0.350 e. The molecule has 8 heteroatoms. The standard InChI is InChI=1S/C21H26N6OS/c1-3-27-20(16-8-6-7-15(2)11-16)24-25-21(27)29-14-19(28)22-12-17-13-26-10-5-4-9-18(26)23-17/h6-8,11,13H,3-5,9-10,12,14H2,1-2H3,(H,22,28). The average molecular weight is 411 g/mol. The number of nitrogens with zero attached hydrogens (tertiary/aromatic N) is 5. The largest absolute Gasteiger partial charge is 0.350 e. The second kappa shape index (κ2) is 8.82. The molecule has 152 valence electrons. The summed E-state index contributed by atoms with van der Waals surface area (Å²) in [7, 11) is 0. The molecule has 0 aliphatic carbocycles. The second-order valence-corrected chi connectivity index (χ2v) is 8.23. The summed E-state index contributed by atoms with van der Waals surface area (Å²) in [4.78, 5) is 17.0. The van der Waals surface area contributed by atoms with Gasteiger partial charge in [-0.05, 0) is 32.8 Å². The van der Waals surface area contributed by atoms with E-state index in [0.717, 1.165) is 47.6 Å². The van der Waals surface area contributed by atoms with E-state index in [9.17, 15) is 4.79 Å². The van der Waals surface area contributed by atoms with E-state index in [0.29, 0.717) is 12.3 Å². The van der Waals surface area contributed by atoms with Crippen molar-refractivity contribution in [2.75, 3.05) is 5.75 Å². The molecule has 0 bridgehead atoms. The van der Waals surface area contributed by atoms with Crippen molar-refractivity contribution in [1.29, 1.82) is 0 Å². The van der Waals surface area contributed by atoms with Gasteiger partial charge in [-0.2, -0.15) is 0 Å². The van der Waals surface area contributed by atoms with Gasteiger partial charge in [-0.1, -0.05) is 35.5 Å². The van der Waals surface area contributed by atoms with Crippen LogP contribution in [0.15, 0.2) is 35.6 Å². The molecule has 0 fully saturated rings. The summed E-state index contributed by atoms with van der Waals surface area (Å²) in [5, 5.41) is 12.4. The Kier molecular flexibility index (Phi) is 5.99. The van der Waals surface area contributed by atoms with E-state index in [4.69, 9.17) is 0 Å². The van der Waals surface area contributed by atoms with Crippen LogP contribution in [0.1, 0.15) is 36.8 Å². The molecule has 2 aromatic heterocycles. The molecule has 1 amide bonds. The van der Waals surface area contributed by atoms with Crippen LogP contribution in [-0.4, -0.2) is 36.0 Å². The zero-order valence-electron chi connectivity index (χ0n) is 16.9. The van der Waals surface area contributed by atoms with E-state index >= 15 is 0 Å². The molecule has 0 saturated heterocycles. The lowest BCUT2D eigenvalue weighted by atomic mass is 10.1. The van der Waals surface area contributed by atoms with E-state index in [1.54, 1.807) is 0 Å². The summed E-state index contributed by atoms with van der Waals surface area (Å²) in [5.41, 5.74) is 3.15. The number of aryl methyl sites for hydroxylation is 3. The molecule has 0 atom stereocenters. The number of thioether (sulfide) groups is 1. The predicted molar refractivity (Wildman–Crippen MR) is 114 cm³/mol. The maximum absolute atomic E-state index is 12.3. The van der Waals surface area contributed by atoms with Gasteiger partial charge in [0.05, 0.1) is 18.0 Å². The van der Waals surface area contributed by atoms with Crippen molar-refractivity contribution in [2.24, 2.45) is 0 Å². The molecule has 1 N–H and O–H groups in total. The Hall–Kier alpha value is -2.61. The number of aromatic nitrogens is 5. The predicted octanol–water partition coefficient (Wildman–Crippen LogP) is 3.21. The highest BCUT2D eigenvalue weighted by molar-refractivity contribution is 7.99. The van der Waals surface area contributed by atoms with Crippen LogP contribution in [0, 0.1) is 6.92 Å². The first-order chi connectivity index (χ1) is 14.1. The van der Waals surface area contributed by atoms with Gasteiger partial charge in [0.25, 0.3) is 0 Å². The normalized spacial score (nSPS) is 13.3. The summed E-state index contributed by atoms with van der Waals surface area (Å²) < 4.78 is 4.26. The van der Waals surface area contributed by atoms with Crippen LogP contribution in [-0.2, 0) is 30.8 Å². The molecule has 1 aromatic carbocycles. The van der Waals surface area contributed by atoms with Gasteiger partial charge in [0.1, 0.15) is 5.82 Å². The Labute approximate surface area is 174 Å². The Morgan fingerprint density at radius 3 is 2.97 bits per heavy atom. The lowest BCUT2D eigenvalue weighted by Crippen LogP contribution is -2.25. The number of fused-ring (bicyclic) bond motifs is 1. The van der Waals surface area contributed by atoms with Crippen molar-refractivity contribution >= 4 is 17.7 Å². The molecule has 0 unspecified atom stereocenters. The molecular formula is C21H26N6OS. The van der Waals surface area contributed by atoms with Crippen molar-refractivity contribution in [3.63, 3.8) is 0 Å². The lowest BCUT2D eigenvalue weighted by Gasteiger charge is -2.11. The van der Waals surface area contributed by atoms with Gasteiger partial charge in [-0.3, -0.25) is 4.79 Å². The zero-order chi connectivity index (χ0) is 20.2. The Bertz CT molecular complexity index is 985. The number of nitrogens with one attached hydrogen (secondary N) is 1. The lowest BCUT2D eigenvalue weighted by molar-refractivity contribution is -0.118. The van der Waals surface area contributed by atoms with Gasteiger partial charge in [0, 0.05) is 31.3 Å². The van der Waals surface area contributed by atoms with Crippen LogP contribution in [0.5, 0.6) is 0 Å². The Morgan fingerprint density at radius 2 is 2.17 bits per heavy atom. The van der Waals surface area contributed by atoms with Crippen LogP contribution in [0.4, 0.5) is 0 Å². The van der Waals surface area contributed by atoms with Crippen molar-refractivity contribution in [3.8, 4) is 11.4 Å². The number of carbonyl (C=O) groups excluding carboxylic acids is 1. The highest BCUT2D eigenvalue weighted by Crippen LogP contribution is 2.24. The minimum atomic E-state index is -0.0243. The molecule has 7 nitrogen and oxygen atoms in total. The average Bonchev–Trinajstić information content (AvgIpc) is 3.34. The van der Waals surface area contributed by atoms with E-state index in [1.807, 2.05) is 12.1 Å². The summed E-state index contributed by atoms with van der Waals surface area (Å²) in [5.74, 6) is 2.25. The molecule has 3 heterocycles. The topological polar surface area (TPSA) is 77.6 Å². The van der Waals surface area contributed by atoms with Crippen molar-refractivity contribution in [1.82, 2.24) is 29.6 Å². The number of imidazole rings is 1. The molecule has 1 aliphatic heterocycles. The van der Waals surface area contributed by atoms with Crippen LogP contribution in [0.2, 0.25) is 0 Å². The second-order valence-electron chi connectivity index (χ2n) is 7.28. The van der Waals surface area contributed by atoms with Crippen LogP contribution in [0.25, 0.3) is 11.4 Å². The van der Waals surface area contributed by atoms with Gasteiger partial charge < -0.3 is 14.5 Å². The van der Waals surface area contributed by atoms with E-state index in [2.05, 4.69) is 61.8 Å². The highest BCUT2D eigenvalue weighted by Gasteiger charge is 2.16. The first-order valence-corrected chi connectivity index (χ1v) is 11.1. The smallest absolute Gasteiger partial charge is 0.230 e. The Morgan fingerprint density at radius 1 is 1.28 bits per heavy atom. The van der Waals surface area contributed by atoms with Gasteiger partial charge in [0.2, 0.25) is 5.91 Å². The third-order valence-electron chi connectivity index (χ3n) is 5.07. The van der Waals surface area contributed by atoms with Crippen molar-refractivity contribution in [3.05, 3.63) is 47.5 Å². The molecule has 1 aliphatic rings. The number of hydrogen-bond acceptors (Lipinski definition) is 5. The van der Waals surface area contributed by atoms with Gasteiger partial charge in [-0.25, -0.2) is 4.98 Å². The van der Waals surface area contributed by atoms with Gasteiger partial charge in [-0.15, -0.1) is 10.2 Å². The fourth-order valence-electron chi connectivity index (χ4n) is 3.61. The van der Waals surface area contributed by atoms with Crippen LogP contribution >= 0.6 is 11.8 Å². The summed E-state index contributed by atoms with van der Waals surface area (Å²) in [6, 6.07) is 8.22. The first-order valence-electron chi connectivity index (χ1n) is 10.1. The van der Waals surface area contributed by atoms with E-state index in [-0.39, 0.29) is 5.91 Å². The van der Waals surface area contributed by atoms with Crippen molar-refractivity contribution in [2.45, 2.75) is 57.9 Å². The molecule has 0 radical (unpaired) electrons. The highest BCUT2D eigenvalue weighted by atomic mass is 32.2. The minimum absolute atomic E-state index is 0.0243. The number of carbonyl (C=O) groups is 1. The number of amides is 1. The summed E-state index contributed by atoms with van der Waals surface area (Å²) >= 11 is 1.41. The van der Waals surface area contributed by atoms with Gasteiger partial charge >= 0.3 is 0 Å². The van der Waals surface area contributed by atoms with E-state index < -0.39 is 0 Å². The first kappa shape index (κ1) is 19.7. The monoisotopic (exact) mass is 410 g/mol.